The first-order valence-electron chi connectivity index (χ1n) is 11.0. The molecule has 0 aliphatic rings. The van der Waals surface area contributed by atoms with E-state index in [4.69, 9.17) is 8.83 Å². The van der Waals surface area contributed by atoms with Gasteiger partial charge in [-0.25, -0.2) is 0 Å². The van der Waals surface area contributed by atoms with Crippen LogP contribution in [-0.4, -0.2) is 30.9 Å². The highest BCUT2D eigenvalue weighted by Gasteiger charge is 1.94. The van der Waals surface area contributed by atoms with E-state index in [1.165, 1.54) is 37.2 Å². The first-order chi connectivity index (χ1) is 17.9. The number of H-pyrrole nitrogens is 3. The molecule has 5 aromatic rings. The average molecular weight is 547 g/mol. The molecule has 0 aliphatic carbocycles. The fourth-order valence-corrected chi connectivity index (χ4v) is 2.12. The number of rotatable bonds is 0. The molecule has 0 unspecified atom stereocenters. The summed E-state index contributed by atoms with van der Waals surface area (Å²) < 4.78 is 18.7. The Morgan fingerprint density at radius 1 is 0.718 bits per heavy atom. The molecular weight excluding hydrogens is 512 g/mol. The van der Waals surface area contributed by atoms with Crippen LogP contribution in [0.2, 0.25) is 0 Å². The highest BCUT2D eigenvalue weighted by atomic mass is 16.5. The van der Waals surface area contributed by atoms with Crippen LogP contribution in [0.5, 0.6) is 0 Å². The van der Waals surface area contributed by atoms with Crippen LogP contribution in [0.3, 0.4) is 0 Å². The van der Waals surface area contributed by atoms with Crippen LogP contribution in [0, 0.1) is 48.5 Å². The maximum Gasteiger partial charge on any atom is 0.282 e. The minimum Gasteiger partial charge on any atom is -0.472 e. The molecule has 0 aromatic carbocycles. The summed E-state index contributed by atoms with van der Waals surface area (Å²) >= 11 is 0. The second-order valence-corrected chi connectivity index (χ2v) is 7.74. The van der Waals surface area contributed by atoms with Crippen LogP contribution in [0.1, 0.15) is 47.0 Å². The Kier molecular flexibility index (Phi) is 15.2. The van der Waals surface area contributed by atoms with E-state index >= 15 is 0 Å². The van der Waals surface area contributed by atoms with Crippen molar-refractivity contribution < 1.29 is 17.9 Å². The molecule has 3 N–H and O–H groups in total. The van der Waals surface area contributed by atoms with E-state index in [0.29, 0.717) is 39.6 Å². The summed E-state index contributed by atoms with van der Waals surface area (Å²) in [5.41, 5.74) is 2.36. The summed E-state index contributed by atoms with van der Waals surface area (Å²) in [6, 6.07) is 2.87. The van der Waals surface area contributed by atoms with E-state index < -0.39 is 0 Å². The van der Waals surface area contributed by atoms with Gasteiger partial charge in [-0.05, 0) is 48.5 Å². The molecule has 0 bridgehead atoms. The largest absolute Gasteiger partial charge is 0.472 e. The van der Waals surface area contributed by atoms with Crippen LogP contribution >= 0.6 is 0 Å². The monoisotopic (exact) mass is 546 g/mol. The lowest BCUT2D eigenvalue weighted by Crippen LogP contribution is -2.06. The maximum absolute atomic E-state index is 10.9. The highest BCUT2D eigenvalue weighted by molar-refractivity contribution is 5.12. The zero-order valence-corrected chi connectivity index (χ0v) is 22.1. The van der Waals surface area contributed by atoms with Gasteiger partial charge in [0.2, 0.25) is 0 Å². The van der Waals surface area contributed by atoms with Crippen LogP contribution in [0.15, 0.2) is 74.2 Å². The molecule has 0 saturated carbocycles. The second kappa shape index (κ2) is 17.4. The normalized spacial score (nSPS) is 9.10. The van der Waals surface area contributed by atoms with Gasteiger partial charge in [0.05, 0.1) is 24.4 Å². The van der Waals surface area contributed by atoms with Crippen molar-refractivity contribution in [2.45, 2.75) is 55.9 Å². The van der Waals surface area contributed by atoms with Crippen molar-refractivity contribution in [2.24, 2.45) is 0 Å². The van der Waals surface area contributed by atoms with Crippen molar-refractivity contribution in [1.29, 1.82) is 0 Å². The zero-order valence-electron chi connectivity index (χ0n) is 22.1. The lowest BCUT2D eigenvalue weighted by atomic mass is 10.2. The summed E-state index contributed by atoms with van der Waals surface area (Å²) in [7, 11) is 0. The Morgan fingerprint density at radius 2 is 1.36 bits per heavy atom. The molecule has 0 aliphatic heterocycles. The molecule has 5 heterocycles. The van der Waals surface area contributed by atoms with Crippen molar-refractivity contribution >= 4 is 0 Å². The fourth-order valence-electron chi connectivity index (χ4n) is 2.12. The van der Waals surface area contributed by atoms with E-state index in [2.05, 4.69) is 40.0 Å². The smallest absolute Gasteiger partial charge is 0.282 e. The SMILES string of the molecule is C.Cc1cc(=O)[nH]o1.Cc1cc(=O)c(C)co1.Cc1co[nH]c1=O.Cc1cocc(C)c1=O.Cc1nn[nH]n1. The molecule has 0 saturated heterocycles. The standard InChI is InChI=1S/2C7H8O2.2C4H5NO2.C2H4N4.CH4/c1-5-4-9-6(2)3-7(5)8;1-5-3-9-4-6(2)7(5)8;1-3-2-7-5-4(3)6;1-3-2-4(6)5-7-3;1-2-3-5-6-4-2;/h2*3-4H,1-2H3;2*2H,1H3,(H,5,6);1H3,(H,3,4,5,6);1H4. The van der Waals surface area contributed by atoms with E-state index in [1.807, 2.05) is 0 Å². The third kappa shape index (κ3) is 13.8. The molecule has 39 heavy (non-hydrogen) atoms. The van der Waals surface area contributed by atoms with Crippen molar-refractivity contribution in [3.05, 3.63) is 118 Å². The molecular formula is C25H34N6O8. The van der Waals surface area contributed by atoms with Crippen molar-refractivity contribution in [2.75, 3.05) is 0 Å². The first kappa shape index (κ1) is 34.0. The molecule has 14 heteroatoms. The predicted molar refractivity (Wildman–Crippen MR) is 143 cm³/mol. The van der Waals surface area contributed by atoms with Gasteiger partial charge in [-0.2, -0.15) is 15.5 Å². The van der Waals surface area contributed by atoms with Crippen LogP contribution in [0.25, 0.3) is 0 Å². The first-order valence-corrected chi connectivity index (χ1v) is 11.0. The number of tetrazole rings is 1. The average Bonchev–Trinajstić information content (AvgIpc) is 3.60. The van der Waals surface area contributed by atoms with Gasteiger partial charge in [-0.15, -0.1) is 10.2 Å². The summed E-state index contributed by atoms with van der Waals surface area (Å²) in [5.74, 6) is 1.95. The Balaban J connectivity index is 0.000000463. The molecule has 14 nitrogen and oxygen atoms in total. The van der Waals surface area contributed by atoms with E-state index in [9.17, 15) is 19.2 Å². The van der Waals surface area contributed by atoms with E-state index in [1.54, 1.807) is 48.5 Å². The number of nitrogens with one attached hydrogen (secondary N) is 3. The van der Waals surface area contributed by atoms with Crippen LogP contribution in [-0.2, 0) is 0 Å². The molecule has 212 valence electrons. The third-order valence-electron chi connectivity index (χ3n) is 4.19. The lowest BCUT2D eigenvalue weighted by molar-refractivity contribution is 0.392. The Hall–Kier alpha value is -5.01. The van der Waals surface area contributed by atoms with Crippen LogP contribution < -0.4 is 22.0 Å². The van der Waals surface area contributed by atoms with Gasteiger partial charge in [0.25, 0.3) is 11.1 Å². The number of aryl methyl sites for hydroxylation is 7. The molecule has 5 aromatic heterocycles. The third-order valence-corrected chi connectivity index (χ3v) is 4.19. The number of aromatic amines is 3. The van der Waals surface area contributed by atoms with Gasteiger partial charge in [0.15, 0.2) is 16.7 Å². The van der Waals surface area contributed by atoms with Gasteiger partial charge in [0, 0.05) is 28.8 Å². The Labute approximate surface area is 223 Å². The number of nitrogens with zero attached hydrogens (tertiary/aromatic N) is 3. The summed E-state index contributed by atoms with van der Waals surface area (Å²) in [4.78, 5) is 42.1. The molecule has 0 radical (unpaired) electrons. The Bertz CT molecular complexity index is 1560. The number of hydrogen-bond donors (Lipinski definition) is 3. The molecule has 0 spiro atoms. The topological polar surface area (TPSA) is 207 Å². The fraction of sp³-hybridized carbons (Fsp3) is 0.320. The summed E-state index contributed by atoms with van der Waals surface area (Å²) in [6.07, 6.45) is 5.75. The number of hydrogen-bond acceptors (Lipinski definition) is 11. The predicted octanol–water partition coefficient (Wildman–Crippen LogP) is 3.21. The minimum atomic E-state index is -0.183. The molecule has 0 amide bonds. The molecule has 0 atom stereocenters. The minimum absolute atomic E-state index is 0. The van der Waals surface area contributed by atoms with Gasteiger partial charge >= 0.3 is 0 Å². The van der Waals surface area contributed by atoms with Gasteiger partial charge in [-0.1, -0.05) is 12.6 Å². The van der Waals surface area contributed by atoms with Crippen molar-refractivity contribution in [1.82, 2.24) is 30.9 Å². The summed E-state index contributed by atoms with van der Waals surface area (Å²) in [6.45, 7) is 12.1. The van der Waals surface area contributed by atoms with Gasteiger partial charge in [-0.3, -0.25) is 19.2 Å². The molecule has 0 fully saturated rings. The lowest BCUT2D eigenvalue weighted by Gasteiger charge is -1.89. The zero-order chi connectivity index (χ0) is 28.7. The number of aromatic nitrogens is 6. The quantitative estimate of drug-likeness (QED) is 0.257. The Morgan fingerprint density at radius 3 is 1.62 bits per heavy atom. The summed E-state index contributed by atoms with van der Waals surface area (Å²) in [5, 5.41) is 17.0. The van der Waals surface area contributed by atoms with Gasteiger partial charge < -0.3 is 17.9 Å². The highest BCUT2D eigenvalue weighted by Crippen LogP contribution is 1.93. The van der Waals surface area contributed by atoms with Gasteiger partial charge in [0.1, 0.15) is 17.8 Å². The van der Waals surface area contributed by atoms with Crippen molar-refractivity contribution in [3.63, 3.8) is 0 Å². The maximum atomic E-state index is 10.9. The van der Waals surface area contributed by atoms with Crippen molar-refractivity contribution in [3.8, 4) is 0 Å². The van der Waals surface area contributed by atoms with E-state index in [0.717, 1.165) is 0 Å². The van der Waals surface area contributed by atoms with E-state index in [-0.39, 0.29) is 29.4 Å². The second-order valence-electron chi connectivity index (χ2n) is 7.74. The molecule has 5 rings (SSSR count). The van der Waals surface area contributed by atoms with Crippen LogP contribution in [0.4, 0.5) is 0 Å².